The highest BCUT2D eigenvalue weighted by Crippen LogP contribution is 2.47. The Hall–Kier alpha value is -4.27. The zero-order valence-electron chi connectivity index (χ0n) is 25.4. The van der Waals surface area contributed by atoms with Crippen LogP contribution in [0.4, 0.5) is 14.9 Å². The number of rotatable bonds is 6. The topological polar surface area (TPSA) is 169 Å². The molecule has 3 N–H and O–H groups in total. The third-order valence-electron chi connectivity index (χ3n) is 9.22. The minimum absolute atomic E-state index is 0.00274. The van der Waals surface area contributed by atoms with E-state index in [4.69, 9.17) is 4.74 Å². The molecule has 1 aromatic carbocycles. The average molecular weight is 657 g/mol. The Balaban J connectivity index is 1.20. The summed E-state index contributed by atoms with van der Waals surface area (Å²) in [6.07, 6.45) is 8.64. The largest absolute Gasteiger partial charge is 0.446 e. The number of hydrogen-bond acceptors (Lipinski definition) is 8. The van der Waals surface area contributed by atoms with Crippen LogP contribution < -0.4 is 15.4 Å². The lowest BCUT2D eigenvalue weighted by molar-refractivity contribution is -0.140. The maximum Gasteiger partial charge on any atom is 0.411 e. The molecule has 0 radical (unpaired) electrons. The van der Waals surface area contributed by atoms with Gasteiger partial charge in [-0.3, -0.25) is 24.4 Å². The minimum atomic E-state index is -3.86. The molecule has 4 aliphatic rings. The van der Waals surface area contributed by atoms with Crippen molar-refractivity contribution in [1.29, 1.82) is 0 Å². The number of benzene rings is 1. The second-order valence-corrected chi connectivity index (χ2v) is 14.5. The summed E-state index contributed by atoms with van der Waals surface area (Å²) in [6.45, 7) is 0.480. The van der Waals surface area contributed by atoms with Gasteiger partial charge in [-0.05, 0) is 75.6 Å². The molecule has 0 spiro atoms. The fourth-order valence-electron chi connectivity index (χ4n) is 6.40. The molecule has 6 rings (SSSR count). The van der Waals surface area contributed by atoms with Gasteiger partial charge in [0, 0.05) is 31.9 Å². The summed E-state index contributed by atoms with van der Waals surface area (Å²) >= 11 is 0. The maximum absolute atomic E-state index is 14.1. The number of sulfonamides is 1. The van der Waals surface area contributed by atoms with Crippen molar-refractivity contribution in [3.05, 3.63) is 54.6 Å². The fourth-order valence-corrected chi connectivity index (χ4v) is 7.77. The molecule has 2 aromatic rings. The molecule has 3 fully saturated rings. The van der Waals surface area contributed by atoms with Gasteiger partial charge >= 0.3 is 6.09 Å². The van der Waals surface area contributed by atoms with Crippen LogP contribution in [-0.2, 0) is 29.1 Å². The SMILES string of the molecule is CN1CCCC/C=C/[C@@H]2C[C@@]2(C(=O)NS(=O)(=O)C2CC2)NC(=O)[C@@H]2C[C@@H](OC(=O)Nc3cc(F)ccc3-n3cccn3)C[C@H]2C1=O. The van der Waals surface area contributed by atoms with Crippen LogP contribution in [0.15, 0.2) is 48.8 Å². The second kappa shape index (κ2) is 12.5. The van der Waals surface area contributed by atoms with E-state index in [1.54, 1.807) is 24.2 Å². The Morgan fingerprint density at radius 2 is 1.93 bits per heavy atom. The number of carbonyl (C=O) groups is 4. The molecule has 0 bridgehead atoms. The lowest BCUT2D eigenvalue weighted by Crippen LogP contribution is -2.54. The Kier molecular flexibility index (Phi) is 8.61. The third-order valence-corrected chi connectivity index (χ3v) is 11.0. The monoisotopic (exact) mass is 656 g/mol. The third kappa shape index (κ3) is 6.64. The van der Waals surface area contributed by atoms with Crippen molar-refractivity contribution in [2.45, 2.75) is 68.3 Å². The summed E-state index contributed by atoms with van der Waals surface area (Å²) in [5, 5.41) is 8.87. The van der Waals surface area contributed by atoms with Crippen LogP contribution in [0.5, 0.6) is 0 Å². The van der Waals surface area contributed by atoms with Gasteiger partial charge in [0.15, 0.2) is 0 Å². The number of halogens is 1. The van der Waals surface area contributed by atoms with Gasteiger partial charge in [-0.25, -0.2) is 22.3 Å². The van der Waals surface area contributed by atoms with Crippen molar-refractivity contribution in [2.75, 3.05) is 18.9 Å². The number of carbonyl (C=O) groups excluding carboxylic acids is 4. The summed E-state index contributed by atoms with van der Waals surface area (Å²) in [7, 11) is -2.19. The quantitative estimate of drug-likeness (QED) is 0.399. The number of ether oxygens (including phenoxy) is 1. The van der Waals surface area contributed by atoms with E-state index in [0.29, 0.717) is 31.5 Å². The van der Waals surface area contributed by atoms with Crippen molar-refractivity contribution in [1.82, 2.24) is 24.7 Å². The lowest BCUT2D eigenvalue weighted by Gasteiger charge is -2.26. The Labute approximate surface area is 266 Å². The van der Waals surface area contributed by atoms with E-state index in [-0.39, 0.29) is 30.9 Å². The predicted molar refractivity (Wildman–Crippen MR) is 163 cm³/mol. The molecule has 4 amide bonds. The first kappa shape index (κ1) is 31.7. The smallest absolute Gasteiger partial charge is 0.411 e. The maximum atomic E-state index is 14.1. The summed E-state index contributed by atoms with van der Waals surface area (Å²) in [6, 6.07) is 5.49. The van der Waals surface area contributed by atoms with E-state index < -0.39 is 68.4 Å². The van der Waals surface area contributed by atoms with E-state index >= 15 is 0 Å². The molecule has 3 saturated carbocycles. The van der Waals surface area contributed by atoms with E-state index in [2.05, 4.69) is 20.5 Å². The Morgan fingerprint density at radius 3 is 2.67 bits per heavy atom. The van der Waals surface area contributed by atoms with E-state index in [1.165, 1.54) is 23.0 Å². The molecule has 46 heavy (non-hydrogen) atoms. The molecular formula is C31H37FN6O7S. The van der Waals surface area contributed by atoms with Crippen molar-refractivity contribution in [3.8, 4) is 5.69 Å². The number of aromatic nitrogens is 2. The van der Waals surface area contributed by atoms with E-state index in [1.807, 2.05) is 12.2 Å². The van der Waals surface area contributed by atoms with E-state index in [9.17, 15) is 32.0 Å². The first-order chi connectivity index (χ1) is 22.0. The van der Waals surface area contributed by atoms with Crippen LogP contribution in [0, 0.1) is 23.6 Å². The summed E-state index contributed by atoms with van der Waals surface area (Å²) in [5.74, 6) is -4.44. The number of allylic oxidation sites excluding steroid dienone is 1. The molecular weight excluding hydrogens is 619 g/mol. The molecule has 246 valence electrons. The van der Waals surface area contributed by atoms with Crippen molar-refractivity contribution >= 4 is 39.5 Å². The molecule has 15 heteroatoms. The van der Waals surface area contributed by atoms with Gasteiger partial charge in [0.05, 0.1) is 28.5 Å². The summed E-state index contributed by atoms with van der Waals surface area (Å²) < 4.78 is 48.6. The molecule has 13 nitrogen and oxygen atoms in total. The highest BCUT2D eigenvalue weighted by Gasteiger charge is 2.62. The van der Waals surface area contributed by atoms with Gasteiger partial charge in [0.2, 0.25) is 21.8 Å². The normalized spacial score (nSPS) is 29.0. The predicted octanol–water partition coefficient (Wildman–Crippen LogP) is 2.64. The standard InChI is InChI=1S/C31H37FN6O7S/c1-37-13-5-3-2-4-7-19-18-31(19,29(41)36-46(43,44)22-9-10-22)35-27(39)23-16-21(17-24(23)28(37)40)45-30(42)34-25-15-20(32)8-11-26(25)38-14-6-12-33-38/h4,6-8,11-12,14-15,19,21-24H,2-3,5,9-10,13,16-18H2,1H3,(H,34,42)(H,35,39)(H,36,41)/b7-4+/t19-,21-,23-,24-,31-/m1/s1. The van der Waals surface area contributed by atoms with Crippen LogP contribution in [0.1, 0.15) is 51.4 Å². The van der Waals surface area contributed by atoms with Crippen LogP contribution >= 0.6 is 0 Å². The van der Waals surface area contributed by atoms with E-state index in [0.717, 1.165) is 18.9 Å². The number of nitrogens with zero attached hydrogens (tertiary/aromatic N) is 3. The number of anilines is 1. The lowest BCUT2D eigenvalue weighted by atomic mass is 9.93. The number of nitrogens with one attached hydrogen (secondary N) is 3. The molecule has 0 unspecified atom stereocenters. The van der Waals surface area contributed by atoms with Gasteiger partial charge in [-0.15, -0.1) is 0 Å². The van der Waals surface area contributed by atoms with Gasteiger partial charge in [-0.2, -0.15) is 5.10 Å². The highest BCUT2D eigenvalue weighted by atomic mass is 32.2. The molecule has 2 heterocycles. The van der Waals surface area contributed by atoms with Gasteiger partial charge in [0.25, 0.3) is 5.91 Å². The van der Waals surface area contributed by atoms with Crippen molar-refractivity contribution < 1.29 is 36.7 Å². The Morgan fingerprint density at radius 1 is 1.15 bits per heavy atom. The molecule has 0 saturated heterocycles. The first-order valence-electron chi connectivity index (χ1n) is 15.5. The highest BCUT2D eigenvalue weighted by molar-refractivity contribution is 7.91. The van der Waals surface area contributed by atoms with Crippen LogP contribution in [0.2, 0.25) is 0 Å². The number of hydrogen-bond donors (Lipinski definition) is 3. The molecule has 1 aliphatic heterocycles. The zero-order chi connectivity index (χ0) is 32.6. The summed E-state index contributed by atoms with van der Waals surface area (Å²) in [5.41, 5.74) is -0.948. The Bertz CT molecular complexity index is 1660. The summed E-state index contributed by atoms with van der Waals surface area (Å²) in [4.78, 5) is 55.5. The number of amides is 4. The van der Waals surface area contributed by atoms with Crippen LogP contribution in [-0.4, -0.2) is 77.4 Å². The van der Waals surface area contributed by atoms with Crippen molar-refractivity contribution in [2.24, 2.45) is 17.8 Å². The molecule has 1 aromatic heterocycles. The van der Waals surface area contributed by atoms with Gasteiger partial charge in [0.1, 0.15) is 17.5 Å². The van der Waals surface area contributed by atoms with Crippen molar-refractivity contribution in [3.63, 3.8) is 0 Å². The minimum Gasteiger partial charge on any atom is -0.446 e. The molecule has 5 atom stereocenters. The van der Waals surface area contributed by atoms with Gasteiger partial charge in [-0.1, -0.05) is 12.2 Å². The second-order valence-electron chi connectivity index (χ2n) is 12.6. The zero-order valence-corrected chi connectivity index (χ0v) is 26.2. The van der Waals surface area contributed by atoms with Crippen LogP contribution in [0.25, 0.3) is 5.69 Å². The molecule has 3 aliphatic carbocycles. The van der Waals surface area contributed by atoms with Crippen LogP contribution in [0.3, 0.4) is 0 Å². The average Bonchev–Trinajstić information content (AvgIpc) is 3.87. The fraction of sp³-hybridized carbons (Fsp3) is 0.516. The van der Waals surface area contributed by atoms with Gasteiger partial charge < -0.3 is 15.0 Å². The first-order valence-corrected chi connectivity index (χ1v) is 17.1. The number of fused-ring (bicyclic) bond motifs is 2.